The van der Waals surface area contributed by atoms with Gasteiger partial charge in [-0.1, -0.05) is 19.3 Å². The summed E-state index contributed by atoms with van der Waals surface area (Å²) in [5, 5.41) is 10.9. The Morgan fingerprint density at radius 1 is 1.04 bits per heavy atom. The molecule has 10 heteroatoms. The van der Waals surface area contributed by atoms with E-state index in [2.05, 4.69) is 15.7 Å². The number of hydrazone groups is 1. The molecule has 28 heavy (non-hydrogen) atoms. The van der Waals surface area contributed by atoms with Gasteiger partial charge in [0, 0.05) is 31.8 Å². The van der Waals surface area contributed by atoms with Crippen LogP contribution in [-0.4, -0.2) is 67.5 Å². The third-order valence-corrected chi connectivity index (χ3v) is 7.31. The predicted molar refractivity (Wildman–Crippen MR) is 103 cm³/mol. The first-order chi connectivity index (χ1) is 13.4. The molecule has 0 bridgehead atoms. The average Bonchev–Trinajstić information content (AvgIpc) is 3.05. The Morgan fingerprint density at radius 2 is 1.75 bits per heavy atom. The molecule has 0 aromatic heterocycles. The Hall–Kier alpha value is -1.97. The second-order valence-electron chi connectivity index (χ2n) is 7.72. The molecule has 0 spiro atoms. The molecule has 2 aliphatic heterocycles. The van der Waals surface area contributed by atoms with Crippen LogP contribution in [0.15, 0.2) is 5.10 Å². The Labute approximate surface area is 165 Å². The Morgan fingerprint density at radius 3 is 2.43 bits per heavy atom. The highest BCUT2D eigenvalue weighted by Gasteiger charge is 2.37. The smallest absolute Gasteiger partial charge is 0.267 e. The maximum Gasteiger partial charge on any atom is 0.267 e. The Kier molecular flexibility index (Phi) is 6.69. The van der Waals surface area contributed by atoms with E-state index in [9.17, 15) is 22.8 Å². The second kappa shape index (κ2) is 9.02. The molecule has 0 aromatic carbocycles. The van der Waals surface area contributed by atoms with Crippen molar-refractivity contribution in [2.45, 2.75) is 57.4 Å². The molecule has 0 aromatic rings. The van der Waals surface area contributed by atoms with Gasteiger partial charge in [0.15, 0.2) is 9.84 Å². The normalized spacial score (nSPS) is 25.3. The Balaban J connectivity index is 1.46. The molecule has 1 aliphatic carbocycles. The molecular formula is C18H28N4O5S. The second-order valence-corrected chi connectivity index (χ2v) is 9.95. The number of carbonyl (C=O) groups is 3. The zero-order valence-electron chi connectivity index (χ0n) is 16.0. The lowest BCUT2D eigenvalue weighted by Gasteiger charge is -2.27. The highest BCUT2D eigenvalue weighted by atomic mass is 32.2. The Bertz CT molecular complexity index is 758. The first kappa shape index (κ1) is 20.8. The quantitative estimate of drug-likeness (QED) is 0.593. The highest BCUT2D eigenvalue weighted by molar-refractivity contribution is 7.91. The zero-order valence-corrected chi connectivity index (χ0v) is 16.8. The van der Waals surface area contributed by atoms with Crippen molar-refractivity contribution in [1.29, 1.82) is 0 Å². The SMILES string of the molecule is O=C(NCCNC(=O)C1CCCCC1)C1=NN(C2CCS(=O)(=O)C2)C(=O)CC1. The number of nitrogens with one attached hydrogen (secondary N) is 2. The molecule has 2 heterocycles. The van der Waals surface area contributed by atoms with Gasteiger partial charge < -0.3 is 10.6 Å². The first-order valence-electron chi connectivity index (χ1n) is 10.0. The van der Waals surface area contributed by atoms with Gasteiger partial charge in [0.1, 0.15) is 5.71 Å². The lowest BCUT2D eigenvalue weighted by Crippen LogP contribution is -2.45. The minimum Gasteiger partial charge on any atom is -0.354 e. The van der Waals surface area contributed by atoms with Crippen molar-refractivity contribution in [3.05, 3.63) is 0 Å². The third-order valence-electron chi connectivity index (χ3n) is 5.56. The van der Waals surface area contributed by atoms with Crippen molar-refractivity contribution in [3.63, 3.8) is 0 Å². The van der Waals surface area contributed by atoms with Crippen molar-refractivity contribution in [2.24, 2.45) is 11.0 Å². The van der Waals surface area contributed by atoms with Crippen LogP contribution in [0.5, 0.6) is 0 Å². The van der Waals surface area contributed by atoms with Crippen LogP contribution in [0.4, 0.5) is 0 Å². The number of hydrogen-bond acceptors (Lipinski definition) is 6. The topological polar surface area (TPSA) is 125 Å². The van der Waals surface area contributed by atoms with Gasteiger partial charge in [-0.15, -0.1) is 0 Å². The summed E-state index contributed by atoms with van der Waals surface area (Å²) in [7, 11) is -3.15. The standard InChI is InChI=1S/C18H28N4O5S/c23-16-7-6-15(21-22(16)14-8-11-28(26,27)12-14)18(25)20-10-9-19-17(24)13-4-2-1-3-5-13/h13-14H,1-12H2,(H,19,24)(H,20,25). The molecule has 1 atom stereocenters. The van der Waals surface area contributed by atoms with Crippen LogP contribution in [0.1, 0.15) is 51.4 Å². The van der Waals surface area contributed by atoms with Crippen LogP contribution in [0, 0.1) is 5.92 Å². The summed E-state index contributed by atoms with van der Waals surface area (Å²) in [4.78, 5) is 36.5. The molecule has 9 nitrogen and oxygen atoms in total. The van der Waals surface area contributed by atoms with Gasteiger partial charge in [-0.25, -0.2) is 13.4 Å². The van der Waals surface area contributed by atoms with Crippen molar-refractivity contribution in [2.75, 3.05) is 24.6 Å². The fourth-order valence-corrected chi connectivity index (χ4v) is 5.65. The summed E-state index contributed by atoms with van der Waals surface area (Å²) in [6, 6.07) is -0.490. The highest BCUT2D eigenvalue weighted by Crippen LogP contribution is 2.23. The molecule has 1 unspecified atom stereocenters. The largest absolute Gasteiger partial charge is 0.354 e. The van der Waals surface area contributed by atoms with E-state index < -0.39 is 15.9 Å². The molecule has 0 radical (unpaired) electrons. The van der Waals surface area contributed by atoms with Gasteiger partial charge in [0.25, 0.3) is 5.91 Å². The third kappa shape index (κ3) is 5.30. The van der Waals surface area contributed by atoms with Crippen LogP contribution in [-0.2, 0) is 24.2 Å². The van der Waals surface area contributed by atoms with Gasteiger partial charge in [-0.3, -0.25) is 14.4 Å². The molecule has 1 saturated heterocycles. The first-order valence-corrected chi connectivity index (χ1v) is 11.8. The van der Waals surface area contributed by atoms with Gasteiger partial charge in [0.05, 0.1) is 17.5 Å². The fraction of sp³-hybridized carbons (Fsp3) is 0.778. The summed E-state index contributed by atoms with van der Waals surface area (Å²) in [5.74, 6) is -0.579. The van der Waals surface area contributed by atoms with Crippen molar-refractivity contribution < 1.29 is 22.8 Å². The molecule has 3 amide bonds. The zero-order chi connectivity index (χ0) is 20.1. The van der Waals surface area contributed by atoms with Crippen LogP contribution < -0.4 is 10.6 Å². The predicted octanol–water partition coefficient (Wildman–Crippen LogP) is -0.0354. The van der Waals surface area contributed by atoms with Crippen molar-refractivity contribution in [3.8, 4) is 0 Å². The van der Waals surface area contributed by atoms with E-state index in [0.29, 0.717) is 13.0 Å². The van der Waals surface area contributed by atoms with Gasteiger partial charge in [0.2, 0.25) is 11.8 Å². The van der Waals surface area contributed by atoms with E-state index in [-0.39, 0.29) is 60.2 Å². The van der Waals surface area contributed by atoms with Crippen molar-refractivity contribution in [1.82, 2.24) is 15.6 Å². The number of amides is 3. The number of hydrogen-bond donors (Lipinski definition) is 2. The van der Waals surface area contributed by atoms with Gasteiger partial charge in [-0.05, 0) is 19.3 Å². The van der Waals surface area contributed by atoms with Crippen LogP contribution in [0.3, 0.4) is 0 Å². The molecule has 1 saturated carbocycles. The van der Waals surface area contributed by atoms with Gasteiger partial charge in [-0.2, -0.15) is 5.10 Å². The lowest BCUT2D eigenvalue weighted by molar-refractivity contribution is -0.133. The van der Waals surface area contributed by atoms with E-state index in [1.165, 1.54) is 11.4 Å². The number of rotatable bonds is 6. The molecule has 156 valence electrons. The van der Waals surface area contributed by atoms with E-state index in [1.54, 1.807) is 0 Å². The molecule has 2 N–H and O–H groups in total. The van der Waals surface area contributed by atoms with Crippen LogP contribution in [0.2, 0.25) is 0 Å². The monoisotopic (exact) mass is 412 g/mol. The molecule has 3 rings (SSSR count). The maximum absolute atomic E-state index is 12.3. The lowest BCUT2D eigenvalue weighted by atomic mass is 9.89. The summed E-state index contributed by atoms with van der Waals surface area (Å²) in [5.41, 5.74) is 0.225. The average molecular weight is 413 g/mol. The summed E-state index contributed by atoms with van der Waals surface area (Å²) in [6.07, 6.45) is 5.94. The minimum absolute atomic E-state index is 0.0409. The maximum atomic E-state index is 12.3. The fourth-order valence-electron chi connectivity index (χ4n) is 3.96. The summed E-state index contributed by atoms with van der Waals surface area (Å²) in [6.45, 7) is 0.625. The molecular weight excluding hydrogens is 384 g/mol. The number of carbonyl (C=O) groups excluding carboxylic acids is 3. The van der Waals surface area contributed by atoms with Crippen LogP contribution >= 0.6 is 0 Å². The van der Waals surface area contributed by atoms with Crippen molar-refractivity contribution >= 4 is 33.3 Å². The van der Waals surface area contributed by atoms with E-state index in [0.717, 1.165) is 25.7 Å². The minimum atomic E-state index is -3.15. The van der Waals surface area contributed by atoms with Gasteiger partial charge >= 0.3 is 0 Å². The van der Waals surface area contributed by atoms with Crippen LogP contribution in [0.25, 0.3) is 0 Å². The van der Waals surface area contributed by atoms with E-state index in [4.69, 9.17) is 0 Å². The number of sulfone groups is 1. The summed E-state index contributed by atoms with van der Waals surface area (Å²) < 4.78 is 23.3. The molecule has 2 fully saturated rings. The molecule has 3 aliphatic rings. The van der Waals surface area contributed by atoms with E-state index in [1.807, 2.05) is 0 Å². The summed E-state index contributed by atoms with van der Waals surface area (Å²) >= 11 is 0. The number of nitrogens with zero attached hydrogens (tertiary/aromatic N) is 2. The van der Waals surface area contributed by atoms with E-state index >= 15 is 0 Å².